The molecule has 1 N–H and O–H groups in total. The fraction of sp³-hybridized carbons (Fsp3) is 0.231. The van der Waals surface area contributed by atoms with E-state index in [-0.39, 0.29) is 18.1 Å². The molecule has 0 aromatic heterocycles. The number of nitrogens with zero attached hydrogens (tertiary/aromatic N) is 1. The van der Waals surface area contributed by atoms with Gasteiger partial charge in [-0.15, -0.1) is 0 Å². The van der Waals surface area contributed by atoms with E-state index in [1.165, 1.54) is 0 Å². The van der Waals surface area contributed by atoms with Gasteiger partial charge < -0.3 is 14.7 Å². The Bertz CT molecular complexity index is 576. The summed E-state index contributed by atoms with van der Waals surface area (Å²) in [4.78, 5) is 24.4. The number of ether oxygens (including phenoxy) is 1. The van der Waals surface area contributed by atoms with Gasteiger partial charge in [0.1, 0.15) is 0 Å². The van der Waals surface area contributed by atoms with Crippen molar-refractivity contribution in [3.8, 4) is 0 Å². The van der Waals surface area contributed by atoms with Crippen molar-refractivity contribution in [3.63, 3.8) is 0 Å². The van der Waals surface area contributed by atoms with Crippen LogP contribution in [0, 0.1) is 0 Å². The van der Waals surface area contributed by atoms with Crippen LogP contribution >= 0.6 is 0 Å². The third-order valence-electron chi connectivity index (χ3n) is 3.18. The highest BCUT2D eigenvalue weighted by molar-refractivity contribution is 6.19. The van der Waals surface area contributed by atoms with Gasteiger partial charge in [-0.1, -0.05) is 18.2 Å². The highest BCUT2D eigenvalue weighted by atomic mass is 16.5. The van der Waals surface area contributed by atoms with Crippen molar-refractivity contribution < 1.29 is 19.4 Å². The summed E-state index contributed by atoms with van der Waals surface area (Å²) >= 11 is 0. The largest absolute Gasteiger partial charge is 0.477 e. The van der Waals surface area contributed by atoms with E-state index in [0.717, 1.165) is 17.7 Å². The second-order valence-electron chi connectivity index (χ2n) is 4.23. The van der Waals surface area contributed by atoms with Gasteiger partial charge in [-0.2, -0.15) is 0 Å². The van der Waals surface area contributed by atoms with Gasteiger partial charge in [0, 0.05) is 12.2 Å². The molecular formula is C13H11NO4. The van der Waals surface area contributed by atoms with E-state index >= 15 is 0 Å². The SMILES string of the molecule is O=C(O)C1=C(N2CCc3ccccc32)OCC1=O. The van der Waals surface area contributed by atoms with Gasteiger partial charge in [0.05, 0.1) is 0 Å². The second kappa shape index (κ2) is 3.87. The number of aliphatic carboxylic acids is 1. The van der Waals surface area contributed by atoms with Gasteiger partial charge in [0.2, 0.25) is 11.7 Å². The van der Waals surface area contributed by atoms with Crippen LogP contribution in [-0.4, -0.2) is 30.0 Å². The molecule has 0 spiro atoms. The van der Waals surface area contributed by atoms with E-state index in [1.807, 2.05) is 24.3 Å². The van der Waals surface area contributed by atoms with Crippen LogP contribution in [-0.2, 0) is 20.7 Å². The Hall–Kier alpha value is -2.30. The van der Waals surface area contributed by atoms with E-state index in [0.29, 0.717) is 6.54 Å². The molecule has 18 heavy (non-hydrogen) atoms. The van der Waals surface area contributed by atoms with E-state index in [2.05, 4.69) is 0 Å². The number of rotatable bonds is 2. The van der Waals surface area contributed by atoms with Crippen LogP contribution in [0.15, 0.2) is 35.7 Å². The minimum atomic E-state index is -1.23. The van der Waals surface area contributed by atoms with Crippen LogP contribution in [0.3, 0.4) is 0 Å². The average molecular weight is 245 g/mol. The van der Waals surface area contributed by atoms with Crippen LogP contribution in [0.2, 0.25) is 0 Å². The standard InChI is InChI=1S/C13H11NO4/c15-10-7-18-12(11(10)13(16)17)14-6-5-8-3-1-2-4-9(8)14/h1-4H,5-7H2,(H,16,17). The minimum absolute atomic E-state index is 0.178. The normalized spacial score (nSPS) is 18.0. The molecule has 5 heteroatoms. The first-order chi connectivity index (χ1) is 8.68. The molecule has 0 radical (unpaired) electrons. The number of anilines is 1. The lowest BCUT2D eigenvalue weighted by Crippen LogP contribution is -2.23. The summed E-state index contributed by atoms with van der Waals surface area (Å²) in [7, 11) is 0. The van der Waals surface area contributed by atoms with Crippen LogP contribution in [0.4, 0.5) is 5.69 Å². The van der Waals surface area contributed by atoms with Crippen molar-refractivity contribution in [3.05, 3.63) is 41.3 Å². The fourth-order valence-corrected chi connectivity index (χ4v) is 2.37. The molecular weight excluding hydrogens is 234 g/mol. The number of para-hydroxylation sites is 1. The van der Waals surface area contributed by atoms with Crippen molar-refractivity contribution >= 4 is 17.4 Å². The van der Waals surface area contributed by atoms with Crippen molar-refractivity contribution in [1.82, 2.24) is 0 Å². The molecule has 0 fully saturated rings. The number of fused-ring (bicyclic) bond motifs is 1. The number of carboxylic acids is 1. The molecule has 92 valence electrons. The van der Waals surface area contributed by atoms with E-state index < -0.39 is 11.8 Å². The number of benzene rings is 1. The lowest BCUT2D eigenvalue weighted by Gasteiger charge is -2.19. The van der Waals surface area contributed by atoms with Gasteiger partial charge in [0.25, 0.3) is 0 Å². The molecule has 0 saturated heterocycles. The van der Waals surface area contributed by atoms with Gasteiger partial charge in [-0.05, 0) is 18.1 Å². The summed E-state index contributed by atoms with van der Waals surface area (Å²) < 4.78 is 5.26. The molecule has 2 aliphatic rings. The van der Waals surface area contributed by atoms with Crippen molar-refractivity contribution in [2.75, 3.05) is 18.1 Å². The zero-order valence-electron chi connectivity index (χ0n) is 9.55. The second-order valence-corrected chi connectivity index (χ2v) is 4.23. The molecule has 0 bridgehead atoms. The summed E-state index contributed by atoms with van der Waals surface area (Å²) in [6.07, 6.45) is 0.824. The Kier molecular flexibility index (Phi) is 2.33. The lowest BCUT2D eigenvalue weighted by atomic mass is 10.2. The fourth-order valence-electron chi connectivity index (χ4n) is 2.37. The monoisotopic (exact) mass is 245 g/mol. The molecule has 1 aromatic rings. The average Bonchev–Trinajstić information content (AvgIpc) is 2.92. The molecule has 0 atom stereocenters. The summed E-state index contributed by atoms with van der Waals surface area (Å²) in [5.41, 5.74) is 1.81. The number of carboxylic acid groups (broad SMARTS) is 1. The van der Waals surface area contributed by atoms with Crippen molar-refractivity contribution in [2.45, 2.75) is 6.42 Å². The first-order valence-corrected chi connectivity index (χ1v) is 5.67. The maximum Gasteiger partial charge on any atom is 0.344 e. The highest BCUT2D eigenvalue weighted by Crippen LogP contribution is 2.33. The van der Waals surface area contributed by atoms with Gasteiger partial charge in [-0.3, -0.25) is 4.79 Å². The maximum atomic E-state index is 11.5. The minimum Gasteiger partial charge on any atom is -0.477 e. The number of ketones is 1. The van der Waals surface area contributed by atoms with Gasteiger partial charge >= 0.3 is 5.97 Å². The molecule has 3 rings (SSSR count). The molecule has 5 nitrogen and oxygen atoms in total. The first kappa shape index (κ1) is 10.8. The Morgan fingerprint density at radius 3 is 2.89 bits per heavy atom. The highest BCUT2D eigenvalue weighted by Gasteiger charge is 2.36. The van der Waals surface area contributed by atoms with E-state index in [1.54, 1.807) is 4.90 Å². The van der Waals surface area contributed by atoms with Crippen LogP contribution < -0.4 is 4.90 Å². The Morgan fingerprint density at radius 2 is 2.11 bits per heavy atom. The van der Waals surface area contributed by atoms with E-state index in [9.17, 15) is 9.59 Å². The zero-order chi connectivity index (χ0) is 12.7. The molecule has 1 aromatic carbocycles. The zero-order valence-corrected chi connectivity index (χ0v) is 9.55. The van der Waals surface area contributed by atoms with E-state index in [4.69, 9.17) is 9.84 Å². The van der Waals surface area contributed by atoms with Crippen LogP contribution in [0.1, 0.15) is 5.56 Å². The third-order valence-corrected chi connectivity index (χ3v) is 3.18. The Labute approximate surface area is 103 Å². The first-order valence-electron chi connectivity index (χ1n) is 5.67. The molecule has 2 heterocycles. The van der Waals surface area contributed by atoms with Crippen LogP contribution in [0.25, 0.3) is 0 Å². The quantitative estimate of drug-likeness (QED) is 0.785. The van der Waals surface area contributed by atoms with Gasteiger partial charge in [-0.25, -0.2) is 4.79 Å². The molecule has 0 saturated carbocycles. The number of carbonyl (C=O) groups is 2. The number of Topliss-reactive ketones (excluding diaryl/α,β-unsaturated/α-hetero) is 1. The summed E-state index contributed by atoms with van der Waals surface area (Å²) in [5.74, 6) is -1.52. The summed E-state index contributed by atoms with van der Waals surface area (Å²) in [6.45, 7) is 0.453. The number of hydrogen-bond donors (Lipinski definition) is 1. The van der Waals surface area contributed by atoms with Crippen molar-refractivity contribution in [2.24, 2.45) is 0 Å². The summed E-state index contributed by atoms with van der Waals surface area (Å²) in [6, 6.07) is 7.72. The van der Waals surface area contributed by atoms with Crippen molar-refractivity contribution in [1.29, 1.82) is 0 Å². The predicted octanol–water partition coefficient (Wildman–Crippen LogP) is 0.945. The third kappa shape index (κ3) is 1.48. The maximum absolute atomic E-state index is 11.5. The smallest absolute Gasteiger partial charge is 0.344 e. The lowest BCUT2D eigenvalue weighted by molar-refractivity contribution is -0.134. The van der Waals surface area contributed by atoms with Crippen LogP contribution in [0.5, 0.6) is 0 Å². The Balaban J connectivity index is 2.07. The Morgan fingerprint density at radius 1 is 1.33 bits per heavy atom. The molecule has 0 unspecified atom stereocenters. The van der Waals surface area contributed by atoms with Gasteiger partial charge in [0.15, 0.2) is 12.2 Å². The number of carbonyl (C=O) groups excluding carboxylic acids is 1. The molecule has 0 aliphatic carbocycles. The summed E-state index contributed by atoms with van der Waals surface area (Å²) in [5, 5.41) is 9.08. The molecule has 2 aliphatic heterocycles. The number of hydrogen-bond acceptors (Lipinski definition) is 4. The predicted molar refractivity (Wildman–Crippen MR) is 63.1 cm³/mol. The molecule has 0 amide bonds. The topological polar surface area (TPSA) is 66.8 Å².